The number of carbonyl (C=O) groups excluding carboxylic acids is 3. The zero-order valence-electron chi connectivity index (χ0n) is 16.6. The van der Waals surface area contributed by atoms with E-state index in [9.17, 15) is 14.4 Å². The van der Waals surface area contributed by atoms with Crippen LogP contribution in [0.4, 0.5) is 5.69 Å². The normalized spacial score (nSPS) is 13.5. The maximum Gasteiger partial charge on any atom is 0.339 e. The molecule has 1 aliphatic heterocycles. The number of benzene rings is 3. The van der Waals surface area contributed by atoms with Crippen LogP contribution in [0.25, 0.3) is 10.8 Å². The van der Waals surface area contributed by atoms with Crippen molar-refractivity contribution < 1.29 is 23.9 Å². The van der Waals surface area contributed by atoms with Crippen LogP contribution in [0.5, 0.6) is 5.75 Å². The molecule has 3 aromatic rings. The summed E-state index contributed by atoms with van der Waals surface area (Å²) in [5.74, 6) is -0.188. The number of hydrogen-bond donors (Lipinski definition) is 0. The van der Waals surface area contributed by atoms with Crippen LogP contribution in [0.3, 0.4) is 0 Å². The highest BCUT2D eigenvalue weighted by atomic mass is 16.5. The molecule has 0 spiro atoms. The van der Waals surface area contributed by atoms with Gasteiger partial charge in [-0.2, -0.15) is 0 Å². The number of nitrogens with zero attached hydrogens (tertiary/aromatic N) is 1. The van der Waals surface area contributed by atoms with E-state index in [1.54, 1.807) is 48.4 Å². The summed E-state index contributed by atoms with van der Waals surface area (Å²) < 4.78 is 10.6. The maximum absolute atomic E-state index is 12.6. The summed E-state index contributed by atoms with van der Waals surface area (Å²) >= 11 is 0. The topological polar surface area (TPSA) is 72.9 Å². The van der Waals surface area contributed by atoms with Gasteiger partial charge in [0.1, 0.15) is 5.75 Å². The lowest BCUT2D eigenvalue weighted by molar-refractivity contribution is -0.117. The molecule has 0 N–H and O–H groups in total. The number of amides is 1. The standard InChI is InChI=1S/C24H21NO5/c1-29-22-12-11-20(18-8-2-3-9-19(18)22)24(28)30-15-21(26)16-6-4-7-17(14-16)25-13-5-10-23(25)27/h2-4,6-9,11-12,14H,5,10,13,15H2,1H3. The van der Waals surface area contributed by atoms with Crippen molar-refractivity contribution in [2.75, 3.05) is 25.2 Å². The molecule has 0 radical (unpaired) electrons. The lowest BCUT2D eigenvalue weighted by Crippen LogP contribution is -2.24. The first-order chi connectivity index (χ1) is 14.6. The number of ether oxygens (including phenoxy) is 2. The molecule has 152 valence electrons. The molecule has 6 heteroatoms. The van der Waals surface area contributed by atoms with Gasteiger partial charge in [-0.05, 0) is 36.1 Å². The fourth-order valence-electron chi connectivity index (χ4n) is 3.69. The van der Waals surface area contributed by atoms with Crippen LogP contribution in [0.1, 0.15) is 33.6 Å². The summed E-state index contributed by atoms with van der Waals surface area (Å²) in [5.41, 5.74) is 1.46. The molecule has 1 amide bonds. The van der Waals surface area contributed by atoms with Crippen LogP contribution in [0.2, 0.25) is 0 Å². The minimum Gasteiger partial charge on any atom is -0.496 e. The van der Waals surface area contributed by atoms with Gasteiger partial charge < -0.3 is 14.4 Å². The second-order valence-corrected chi connectivity index (χ2v) is 7.06. The van der Waals surface area contributed by atoms with Crippen LogP contribution < -0.4 is 9.64 Å². The van der Waals surface area contributed by atoms with Crippen molar-refractivity contribution in [3.63, 3.8) is 0 Å². The Morgan fingerprint density at radius 1 is 1.00 bits per heavy atom. The maximum atomic E-state index is 12.6. The summed E-state index contributed by atoms with van der Waals surface area (Å²) in [6, 6.07) is 17.6. The summed E-state index contributed by atoms with van der Waals surface area (Å²) in [5, 5.41) is 1.49. The number of esters is 1. The molecule has 1 aliphatic rings. The van der Waals surface area contributed by atoms with Crippen molar-refractivity contribution in [3.8, 4) is 5.75 Å². The minimum atomic E-state index is -0.576. The highest BCUT2D eigenvalue weighted by Gasteiger charge is 2.22. The lowest BCUT2D eigenvalue weighted by Gasteiger charge is -2.16. The zero-order valence-corrected chi connectivity index (χ0v) is 16.6. The fourth-order valence-corrected chi connectivity index (χ4v) is 3.69. The van der Waals surface area contributed by atoms with E-state index in [4.69, 9.17) is 9.47 Å². The quantitative estimate of drug-likeness (QED) is 0.459. The van der Waals surface area contributed by atoms with Gasteiger partial charge in [-0.1, -0.05) is 36.4 Å². The van der Waals surface area contributed by atoms with Gasteiger partial charge in [0, 0.05) is 29.6 Å². The molecule has 4 rings (SSSR count). The molecule has 0 unspecified atom stereocenters. The Balaban J connectivity index is 1.49. The van der Waals surface area contributed by atoms with E-state index in [2.05, 4.69) is 0 Å². The predicted octanol–water partition coefficient (Wildman–Crippen LogP) is 4.01. The Labute approximate surface area is 174 Å². The summed E-state index contributed by atoms with van der Waals surface area (Å²) in [4.78, 5) is 38.9. The van der Waals surface area contributed by atoms with Crippen molar-refractivity contribution in [2.45, 2.75) is 12.8 Å². The molecule has 0 aliphatic carbocycles. The van der Waals surface area contributed by atoms with E-state index in [0.717, 1.165) is 11.8 Å². The van der Waals surface area contributed by atoms with Crippen molar-refractivity contribution >= 4 is 34.1 Å². The van der Waals surface area contributed by atoms with Gasteiger partial charge in [-0.3, -0.25) is 9.59 Å². The Morgan fingerprint density at radius 3 is 2.53 bits per heavy atom. The van der Waals surface area contributed by atoms with Gasteiger partial charge in [-0.15, -0.1) is 0 Å². The van der Waals surface area contributed by atoms with Crippen molar-refractivity contribution in [1.82, 2.24) is 0 Å². The van der Waals surface area contributed by atoms with Crippen LogP contribution >= 0.6 is 0 Å². The van der Waals surface area contributed by atoms with Gasteiger partial charge in [0.05, 0.1) is 12.7 Å². The van der Waals surface area contributed by atoms with E-state index in [-0.39, 0.29) is 18.3 Å². The highest BCUT2D eigenvalue weighted by molar-refractivity contribution is 6.07. The first-order valence-electron chi connectivity index (χ1n) is 9.75. The average molecular weight is 403 g/mol. The number of methoxy groups -OCH3 is 1. The number of fused-ring (bicyclic) bond motifs is 1. The third-order valence-corrected chi connectivity index (χ3v) is 5.21. The number of carbonyl (C=O) groups is 3. The van der Waals surface area contributed by atoms with Gasteiger partial charge in [0.25, 0.3) is 0 Å². The number of rotatable bonds is 6. The SMILES string of the molecule is COc1ccc(C(=O)OCC(=O)c2cccc(N3CCCC3=O)c2)c2ccccc12. The Bertz CT molecular complexity index is 1140. The lowest BCUT2D eigenvalue weighted by atomic mass is 10.0. The number of ketones is 1. The largest absolute Gasteiger partial charge is 0.496 e. The molecule has 1 heterocycles. The highest BCUT2D eigenvalue weighted by Crippen LogP contribution is 2.29. The van der Waals surface area contributed by atoms with Gasteiger partial charge >= 0.3 is 5.97 Å². The third kappa shape index (κ3) is 3.76. The molecule has 0 aromatic heterocycles. The van der Waals surface area contributed by atoms with Gasteiger partial charge in [0.2, 0.25) is 5.91 Å². The minimum absolute atomic E-state index is 0.0532. The van der Waals surface area contributed by atoms with Gasteiger partial charge in [-0.25, -0.2) is 4.79 Å². The van der Waals surface area contributed by atoms with Crippen LogP contribution in [0, 0.1) is 0 Å². The molecule has 3 aromatic carbocycles. The molecule has 1 fully saturated rings. The van der Waals surface area contributed by atoms with E-state index in [1.807, 2.05) is 24.3 Å². The van der Waals surface area contributed by atoms with Crippen molar-refractivity contribution in [1.29, 1.82) is 0 Å². The van der Waals surface area contributed by atoms with Crippen LogP contribution in [-0.4, -0.2) is 37.9 Å². The molecular formula is C24H21NO5. The van der Waals surface area contributed by atoms with Crippen molar-refractivity contribution in [2.24, 2.45) is 0 Å². The first-order valence-corrected chi connectivity index (χ1v) is 9.75. The van der Waals surface area contributed by atoms with E-state index in [1.165, 1.54) is 0 Å². The summed E-state index contributed by atoms with van der Waals surface area (Å²) in [7, 11) is 1.57. The van der Waals surface area contributed by atoms with E-state index < -0.39 is 5.97 Å². The molecular weight excluding hydrogens is 382 g/mol. The Hall–Kier alpha value is -3.67. The predicted molar refractivity (Wildman–Crippen MR) is 113 cm³/mol. The second kappa shape index (κ2) is 8.37. The Kier molecular flexibility index (Phi) is 5.48. The van der Waals surface area contributed by atoms with Gasteiger partial charge in [0.15, 0.2) is 12.4 Å². The zero-order chi connectivity index (χ0) is 21.1. The monoisotopic (exact) mass is 403 g/mol. The smallest absolute Gasteiger partial charge is 0.339 e. The average Bonchev–Trinajstić information content (AvgIpc) is 3.22. The first kappa shape index (κ1) is 19.6. The Morgan fingerprint density at radius 2 is 1.80 bits per heavy atom. The number of anilines is 1. The summed E-state index contributed by atoms with van der Waals surface area (Å²) in [6.45, 7) is 0.270. The molecule has 0 atom stereocenters. The molecule has 6 nitrogen and oxygen atoms in total. The van der Waals surface area contributed by atoms with E-state index in [0.29, 0.717) is 40.9 Å². The van der Waals surface area contributed by atoms with Crippen LogP contribution in [0.15, 0.2) is 60.7 Å². The van der Waals surface area contributed by atoms with E-state index >= 15 is 0 Å². The number of Topliss-reactive ketones (excluding diaryl/α,β-unsaturated/α-hetero) is 1. The molecule has 1 saturated heterocycles. The third-order valence-electron chi connectivity index (χ3n) is 5.21. The van der Waals surface area contributed by atoms with Crippen molar-refractivity contribution in [3.05, 3.63) is 71.8 Å². The molecule has 0 bridgehead atoms. The number of hydrogen-bond acceptors (Lipinski definition) is 5. The van der Waals surface area contributed by atoms with Crippen LogP contribution in [-0.2, 0) is 9.53 Å². The fraction of sp³-hybridized carbons (Fsp3) is 0.208. The molecule has 30 heavy (non-hydrogen) atoms. The summed E-state index contributed by atoms with van der Waals surface area (Å²) in [6.07, 6.45) is 1.33. The molecule has 0 saturated carbocycles. The second-order valence-electron chi connectivity index (χ2n) is 7.06.